The number of aryl methyl sites for hydroxylation is 3. The lowest BCUT2D eigenvalue weighted by atomic mass is 10.1. The predicted molar refractivity (Wildman–Crippen MR) is 99.2 cm³/mol. The number of hydrogen-bond donors (Lipinski definition) is 1. The SMILES string of the molecule is COc1ccccc1-c1nnc(CCC(=O)Nc2c(C)cccc2C)o1. The Hall–Kier alpha value is -3.15. The van der Waals surface area contributed by atoms with Crippen molar-refractivity contribution in [2.75, 3.05) is 12.4 Å². The Balaban J connectivity index is 1.64. The molecule has 1 heterocycles. The lowest BCUT2D eigenvalue weighted by Crippen LogP contribution is -2.14. The number of hydrogen-bond acceptors (Lipinski definition) is 5. The third-order valence-corrected chi connectivity index (χ3v) is 4.12. The van der Waals surface area contributed by atoms with Gasteiger partial charge in [-0.05, 0) is 37.1 Å². The van der Waals surface area contributed by atoms with Crippen LogP contribution in [-0.4, -0.2) is 23.2 Å². The van der Waals surface area contributed by atoms with Crippen LogP contribution >= 0.6 is 0 Å². The molecular formula is C20H21N3O3. The lowest BCUT2D eigenvalue weighted by molar-refractivity contribution is -0.116. The second-order valence-electron chi connectivity index (χ2n) is 6.02. The maximum absolute atomic E-state index is 12.2. The highest BCUT2D eigenvalue weighted by Crippen LogP contribution is 2.28. The summed E-state index contributed by atoms with van der Waals surface area (Å²) in [6, 6.07) is 13.3. The van der Waals surface area contributed by atoms with Crippen molar-refractivity contribution in [2.45, 2.75) is 26.7 Å². The quantitative estimate of drug-likeness (QED) is 0.728. The van der Waals surface area contributed by atoms with Gasteiger partial charge in [0.2, 0.25) is 11.8 Å². The van der Waals surface area contributed by atoms with Crippen molar-refractivity contribution in [2.24, 2.45) is 0 Å². The van der Waals surface area contributed by atoms with Gasteiger partial charge in [-0.3, -0.25) is 4.79 Å². The Bertz CT molecular complexity index is 898. The summed E-state index contributed by atoms with van der Waals surface area (Å²) < 4.78 is 11.0. The first kappa shape index (κ1) is 17.7. The minimum Gasteiger partial charge on any atom is -0.496 e. The fraction of sp³-hybridized carbons (Fsp3) is 0.250. The van der Waals surface area contributed by atoms with Crippen LogP contribution < -0.4 is 10.1 Å². The molecule has 0 fully saturated rings. The fourth-order valence-electron chi connectivity index (χ4n) is 2.72. The topological polar surface area (TPSA) is 77.2 Å². The number of ether oxygens (including phenoxy) is 1. The molecule has 0 saturated heterocycles. The van der Waals surface area contributed by atoms with Gasteiger partial charge < -0.3 is 14.5 Å². The zero-order valence-electron chi connectivity index (χ0n) is 15.1. The van der Waals surface area contributed by atoms with Gasteiger partial charge >= 0.3 is 0 Å². The highest BCUT2D eigenvalue weighted by Gasteiger charge is 2.14. The summed E-state index contributed by atoms with van der Waals surface area (Å²) >= 11 is 0. The largest absolute Gasteiger partial charge is 0.496 e. The average molecular weight is 351 g/mol. The van der Waals surface area contributed by atoms with Gasteiger partial charge in [0.1, 0.15) is 5.75 Å². The summed E-state index contributed by atoms with van der Waals surface area (Å²) in [6.45, 7) is 3.94. The molecular weight excluding hydrogens is 330 g/mol. The summed E-state index contributed by atoms with van der Waals surface area (Å²) in [5.74, 6) is 1.38. The molecule has 1 aromatic heterocycles. The van der Waals surface area contributed by atoms with Crippen LogP contribution in [0.2, 0.25) is 0 Å². The molecule has 2 aromatic carbocycles. The van der Waals surface area contributed by atoms with Gasteiger partial charge in [-0.15, -0.1) is 10.2 Å². The number of methoxy groups -OCH3 is 1. The molecule has 0 aliphatic rings. The Morgan fingerprint density at radius 2 is 1.81 bits per heavy atom. The number of aromatic nitrogens is 2. The van der Waals surface area contributed by atoms with Crippen LogP contribution in [0, 0.1) is 13.8 Å². The van der Waals surface area contributed by atoms with Crippen molar-refractivity contribution in [3.8, 4) is 17.2 Å². The van der Waals surface area contributed by atoms with Gasteiger partial charge in [-0.2, -0.15) is 0 Å². The molecule has 6 nitrogen and oxygen atoms in total. The van der Waals surface area contributed by atoms with Gasteiger partial charge in [0.25, 0.3) is 5.89 Å². The number of rotatable bonds is 6. The van der Waals surface area contributed by atoms with Crippen molar-refractivity contribution in [3.05, 3.63) is 59.5 Å². The number of amides is 1. The molecule has 3 rings (SSSR count). The highest BCUT2D eigenvalue weighted by molar-refractivity contribution is 5.92. The molecule has 3 aromatic rings. The van der Waals surface area contributed by atoms with Crippen molar-refractivity contribution < 1.29 is 13.9 Å². The number of carbonyl (C=O) groups excluding carboxylic acids is 1. The van der Waals surface area contributed by atoms with E-state index in [9.17, 15) is 4.79 Å². The van der Waals surface area contributed by atoms with Crippen LogP contribution in [0.1, 0.15) is 23.4 Å². The first-order valence-corrected chi connectivity index (χ1v) is 8.40. The molecule has 0 atom stereocenters. The molecule has 0 saturated carbocycles. The third kappa shape index (κ3) is 3.91. The second kappa shape index (κ2) is 7.82. The Morgan fingerprint density at radius 1 is 1.08 bits per heavy atom. The van der Waals surface area contributed by atoms with E-state index in [1.807, 2.05) is 56.3 Å². The minimum absolute atomic E-state index is 0.0839. The zero-order chi connectivity index (χ0) is 18.5. The molecule has 0 radical (unpaired) electrons. The number of carbonyl (C=O) groups is 1. The van der Waals surface area contributed by atoms with Crippen LogP contribution in [0.5, 0.6) is 5.75 Å². The van der Waals surface area contributed by atoms with E-state index in [0.717, 1.165) is 22.4 Å². The fourth-order valence-corrected chi connectivity index (χ4v) is 2.72. The zero-order valence-corrected chi connectivity index (χ0v) is 15.1. The standard InChI is InChI=1S/C20H21N3O3/c1-13-7-6-8-14(2)19(13)21-17(24)11-12-18-22-23-20(26-18)15-9-4-5-10-16(15)25-3/h4-10H,11-12H2,1-3H3,(H,21,24). The first-order valence-electron chi connectivity index (χ1n) is 8.40. The molecule has 0 unspecified atom stereocenters. The van der Waals surface area contributed by atoms with E-state index in [1.165, 1.54) is 0 Å². The summed E-state index contributed by atoms with van der Waals surface area (Å²) in [6.07, 6.45) is 0.639. The molecule has 1 amide bonds. The Kier molecular flexibility index (Phi) is 5.31. The van der Waals surface area contributed by atoms with Crippen molar-refractivity contribution in [1.82, 2.24) is 10.2 Å². The number of anilines is 1. The predicted octanol–water partition coefficient (Wildman–Crippen LogP) is 3.93. The summed E-state index contributed by atoms with van der Waals surface area (Å²) in [5.41, 5.74) is 3.66. The average Bonchev–Trinajstić information content (AvgIpc) is 3.12. The van der Waals surface area contributed by atoms with Gasteiger partial charge in [0.05, 0.1) is 12.7 Å². The molecule has 0 bridgehead atoms. The number of nitrogens with one attached hydrogen (secondary N) is 1. The van der Waals surface area contributed by atoms with Crippen molar-refractivity contribution >= 4 is 11.6 Å². The monoisotopic (exact) mass is 351 g/mol. The maximum Gasteiger partial charge on any atom is 0.251 e. The molecule has 1 N–H and O–H groups in total. The molecule has 0 aliphatic carbocycles. The van der Waals surface area contributed by atoms with E-state index < -0.39 is 0 Å². The van der Waals surface area contributed by atoms with E-state index >= 15 is 0 Å². The van der Waals surface area contributed by atoms with Gasteiger partial charge in [-0.25, -0.2) is 0 Å². The second-order valence-corrected chi connectivity index (χ2v) is 6.02. The van der Waals surface area contributed by atoms with Gasteiger partial charge in [-0.1, -0.05) is 30.3 Å². The van der Waals surface area contributed by atoms with Crippen molar-refractivity contribution in [1.29, 1.82) is 0 Å². The summed E-state index contributed by atoms with van der Waals surface area (Å²) in [4.78, 5) is 12.2. The van der Waals surface area contributed by atoms with Crippen LogP contribution in [0.15, 0.2) is 46.9 Å². The summed E-state index contributed by atoms with van der Waals surface area (Å²) in [5, 5.41) is 11.0. The van der Waals surface area contributed by atoms with E-state index in [2.05, 4.69) is 15.5 Å². The number of benzene rings is 2. The van der Waals surface area contributed by atoms with Crippen molar-refractivity contribution in [3.63, 3.8) is 0 Å². The molecule has 0 aliphatic heterocycles. The van der Waals surface area contributed by atoms with Crippen LogP contribution in [-0.2, 0) is 11.2 Å². The van der Waals surface area contributed by atoms with Gasteiger partial charge in [0, 0.05) is 18.5 Å². The Labute approximate surface area is 152 Å². The number of para-hydroxylation sites is 2. The van der Waals surface area contributed by atoms with E-state index in [1.54, 1.807) is 7.11 Å². The Morgan fingerprint density at radius 3 is 2.54 bits per heavy atom. The molecule has 26 heavy (non-hydrogen) atoms. The van der Waals surface area contributed by atoms with E-state index in [-0.39, 0.29) is 12.3 Å². The first-order chi connectivity index (χ1) is 12.6. The highest BCUT2D eigenvalue weighted by atomic mass is 16.5. The molecule has 0 spiro atoms. The maximum atomic E-state index is 12.2. The van der Waals surface area contributed by atoms with Crippen LogP contribution in [0.4, 0.5) is 5.69 Å². The van der Waals surface area contributed by atoms with Crippen LogP contribution in [0.25, 0.3) is 11.5 Å². The number of nitrogens with zero attached hydrogens (tertiary/aromatic N) is 2. The molecule has 6 heteroatoms. The van der Waals surface area contributed by atoms with Crippen LogP contribution in [0.3, 0.4) is 0 Å². The van der Waals surface area contributed by atoms with Gasteiger partial charge in [0.15, 0.2) is 0 Å². The lowest BCUT2D eigenvalue weighted by Gasteiger charge is -2.10. The smallest absolute Gasteiger partial charge is 0.251 e. The molecule has 134 valence electrons. The summed E-state index contributed by atoms with van der Waals surface area (Å²) in [7, 11) is 1.59. The normalized spacial score (nSPS) is 10.6. The van der Waals surface area contributed by atoms with E-state index in [0.29, 0.717) is 24.0 Å². The minimum atomic E-state index is -0.0839. The third-order valence-electron chi connectivity index (χ3n) is 4.12. The van der Waals surface area contributed by atoms with E-state index in [4.69, 9.17) is 9.15 Å².